The number of fused-ring (bicyclic) bond motifs is 3. The SMILES string of the molecule is COc1c(F)cccc1Nc1c2[nH]c3c1C(=O)NC[C@H]3[I-]C/C(C)=C\CCNc1cnccc1-2. The van der Waals surface area contributed by atoms with Crippen LogP contribution in [0, 0.1) is 5.82 Å². The Kier molecular flexibility index (Phi) is 6.44. The molecule has 34 heavy (non-hydrogen) atoms. The predicted octanol–water partition coefficient (Wildman–Crippen LogP) is 1.60. The number of halogens is 2. The summed E-state index contributed by atoms with van der Waals surface area (Å²) in [6.07, 6.45) is 6.75. The van der Waals surface area contributed by atoms with Crippen LogP contribution in [0.2, 0.25) is 0 Å². The molecule has 9 heteroatoms. The number of alkyl halides is 2. The minimum absolute atomic E-state index is 0.104. The molecule has 7 nitrogen and oxygen atoms in total. The van der Waals surface area contributed by atoms with Gasteiger partial charge in [-0.15, -0.1) is 0 Å². The molecule has 1 atom stereocenters. The number of hydrogen-bond donors (Lipinski definition) is 4. The zero-order valence-electron chi connectivity index (χ0n) is 19.0. The Morgan fingerprint density at radius 3 is 3.00 bits per heavy atom. The van der Waals surface area contributed by atoms with E-state index in [2.05, 4.69) is 38.9 Å². The van der Waals surface area contributed by atoms with Crippen molar-refractivity contribution in [2.24, 2.45) is 0 Å². The number of pyridine rings is 1. The van der Waals surface area contributed by atoms with Crippen LogP contribution in [-0.2, 0) is 0 Å². The summed E-state index contributed by atoms with van der Waals surface area (Å²) in [5, 5.41) is 9.90. The average molecular weight is 574 g/mol. The molecular formula is C25H26FIN5O2-. The fraction of sp³-hybridized carbons (Fsp3) is 0.280. The van der Waals surface area contributed by atoms with Crippen LogP contribution in [0.5, 0.6) is 5.75 Å². The topological polar surface area (TPSA) is 91.1 Å². The second-order valence-corrected chi connectivity index (χ2v) is 11.4. The molecule has 0 saturated carbocycles. The van der Waals surface area contributed by atoms with E-state index in [0.717, 1.165) is 40.0 Å². The standard InChI is InChI=1S/C25H26FIN5O2/c1-14-5-4-9-29-19-13-28-10-8-15(19)21-23(31-18-7-3-6-16(26)24(18)34-2)20-22(32-21)17(27-11-14)12-30-25(20)33/h3,5-8,10,13,17,29,31-32H,4,9,11-12H2,1-2H3,(H,30,33)/q-1/b14-5-/t17-/m1/s1. The molecule has 0 radical (unpaired) electrons. The third-order valence-electron chi connectivity index (χ3n) is 5.96. The van der Waals surface area contributed by atoms with Crippen molar-refractivity contribution < 1.29 is 35.1 Å². The Morgan fingerprint density at radius 2 is 2.15 bits per heavy atom. The Bertz CT molecular complexity index is 1270. The van der Waals surface area contributed by atoms with Crippen molar-refractivity contribution >= 4 is 23.0 Å². The number of carbonyl (C=O) groups excluding carboxylic acids is 1. The number of anilines is 3. The van der Waals surface area contributed by atoms with Crippen LogP contribution in [0.4, 0.5) is 21.5 Å². The number of para-hydroxylation sites is 1. The number of methoxy groups -OCH3 is 1. The van der Waals surface area contributed by atoms with E-state index in [9.17, 15) is 9.18 Å². The fourth-order valence-electron chi connectivity index (χ4n) is 4.32. The number of nitrogens with one attached hydrogen (secondary N) is 4. The molecule has 1 aromatic carbocycles. The van der Waals surface area contributed by atoms with E-state index in [1.165, 1.54) is 18.7 Å². The number of rotatable bonds is 3. The van der Waals surface area contributed by atoms with Gasteiger partial charge in [0.2, 0.25) is 0 Å². The first-order valence-corrected chi connectivity index (χ1v) is 13.9. The number of benzene rings is 1. The van der Waals surface area contributed by atoms with Gasteiger partial charge in [0.05, 0.1) is 0 Å². The molecule has 5 rings (SSSR count). The van der Waals surface area contributed by atoms with Crippen molar-refractivity contribution in [2.75, 3.05) is 35.3 Å². The summed E-state index contributed by atoms with van der Waals surface area (Å²) in [5.74, 6) is -0.507. The van der Waals surface area contributed by atoms with Gasteiger partial charge in [0.15, 0.2) is 0 Å². The summed E-state index contributed by atoms with van der Waals surface area (Å²) in [7, 11) is 1.43. The first-order chi connectivity index (χ1) is 16.6. The van der Waals surface area contributed by atoms with Crippen molar-refractivity contribution in [3.8, 4) is 17.0 Å². The molecule has 2 aliphatic rings. The Labute approximate surface area is 207 Å². The number of hydrogen-bond acceptors (Lipinski definition) is 5. The second-order valence-electron chi connectivity index (χ2n) is 8.26. The molecule has 2 aromatic heterocycles. The van der Waals surface area contributed by atoms with E-state index < -0.39 is 5.82 Å². The number of amides is 1. The summed E-state index contributed by atoms with van der Waals surface area (Å²) in [4.78, 5) is 21.1. The predicted molar refractivity (Wildman–Crippen MR) is 127 cm³/mol. The van der Waals surface area contributed by atoms with E-state index in [4.69, 9.17) is 4.74 Å². The first kappa shape index (κ1) is 22.7. The molecule has 0 unspecified atom stereocenters. The van der Waals surface area contributed by atoms with Crippen LogP contribution < -0.4 is 41.9 Å². The van der Waals surface area contributed by atoms with Gasteiger partial charge in [-0.25, -0.2) is 0 Å². The number of aromatic nitrogens is 2. The van der Waals surface area contributed by atoms with Gasteiger partial charge < -0.3 is 0 Å². The number of H-pyrrole nitrogens is 1. The minimum atomic E-state index is -0.470. The van der Waals surface area contributed by atoms with Crippen LogP contribution in [0.25, 0.3) is 11.3 Å². The van der Waals surface area contributed by atoms with Gasteiger partial charge >= 0.3 is 208 Å². The number of carbonyl (C=O) groups is 1. The Hall–Kier alpha value is -3.08. The summed E-state index contributed by atoms with van der Waals surface area (Å²) in [6, 6.07) is 6.64. The molecule has 2 bridgehead atoms. The van der Waals surface area contributed by atoms with Crippen LogP contribution >= 0.6 is 0 Å². The summed E-state index contributed by atoms with van der Waals surface area (Å²) >= 11 is -0.250. The van der Waals surface area contributed by atoms with Gasteiger partial charge in [-0.1, -0.05) is 0 Å². The summed E-state index contributed by atoms with van der Waals surface area (Å²) in [5.41, 5.74) is 6.52. The molecule has 0 aliphatic carbocycles. The molecule has 1 amide bonds. The molecule has 4 N–H and O–H groups in total. The van der Waals surface area contributed by atoms with Gasteiger partial charge in [-0.2, -0.15) is 0 Å². The van der Waals surface area contributed by atoms with E-state index in [0.29, 0.717) is 23.5 Å². The van der Waals surface area contributed by atoms with Crippen LogP contribution in [0.3, 0.4) is 0 Å². The first-order valence-electron chi connectivity index (χ1n) is 11.1. The quantitative estimate of drug-likeness (QED) is 0.217. The van der Waals surface area contributed by atoms with Gasteiger partial charge in [-0.3, -0.25) is 0 Å². The maximum absolute atomic E-state index is 14.5. The van der Waals surface area contributed by atoms with Crippen molar-refractivity contribution in [3.63, 3.8) is 0 Å². The van der Waals surface area contributed by atoms with E-state index >= 15 is 0 Å². The zero-order chi connectivity index (χ0) is 23.7. The van der Waals surface area contributed by atoms with Crippen molar-refractivity contribution in [2.45, 2.75) is 17.3 Å². The van der Waals surface area contributed by atoms with Crippen LogP contribution in [0.1, 0.15) is 33.3 Å². The molecule has 4 heterocycles. The van der Waals surface area contributed by atoms with E-state index in [1.54, 1.807) is 24.5 Å². The van der Waals surface area contributed by atoms with E-state index in [1.807, 2.05) is 6.07 Å². The number of aromatic amines is 1. The van der Waals surface area contributed by atoms with Gasteiger partial charge in [-0.05, 0) is 0 Å². The summed E-state index contributed by atoms with van der Waals surface area (Å²) < 4.78 is 21.1. The maximum atomic E-state index is 14.5. The van der Waals surface area contributed by atoms with Crippen molar-refractivity contribution in [1.82, 2.24) is 15.3 Å². The molecular weight excluding hydrogens is 548 g/mol. The number of allylic oxidation sites excluding steroid dienone is 1. The van der Waals surface area contributed by atoms with Crippen molar-refractivity contribution in [3.05, 3.63) is 65.4 Å². The monoisotopic (exact) mass is 574 g/mol. The molecule has 0 saturated heterocycles. The molecule has 2 aliphatic heterocycles. The molecule has 0 fully saturated rings. The third kappa shape index (κ3) is 4.24. The van der Waals surface area contributed by atoms with Gasteiger partial charge in [0, 0.05) is 0 Å². The van der Waals surface area contributed by atoms with Crippen LogP contribution in [0.15, 0.2) is 48.3 Å². The molecule has 178 valence electrons. The zero-order valence-corrected chi connectivity index (χ0v) is 21.1. The van der Waals surface area contributed by atoms with Gasteiger partial charge in [0.25, 0.3) is 0 Å². The Morgan fingerprint density at radius 1 is 1.26 bits per heavy atom. The molecule has 0 spiro atoms. The third-order valence-corrected chi connectivity index (χ3v) is 9.73. The fourth-order valence-corrected chi connectivity index (χ4v) is 7.30. The molecule has 3 aromatic rings. The van der Waals surface area contributed by atoms with Crippen LogP contribution in [-0.4, -0.2) is 40.5 Å². The normalized spacial score (nSPS) is 19.4. The second kappa shape index (κ2) is 9.65. The van der Waals surface area contributed by atoms with Crippen molar-refractivity contribution in [1.29, 1.82) is 0 Å². The number of nitrogens with zero attached hydrogens (tertiary/aromatic N) is 1. The average Bonchev–Trinajstić information content (AvgIpc) is 3.21. The van der Waals surface area contributed by atoms with E-state index in [-0.39, 0.29) is 36.8 Å². The Balaban J connectivity index is 1.72. The van der Waals surface area contributed by atoms with Gasteiger partial charge in [0.1, 0.15) is 0 Å². The number of ether oxygens (including phenoxy) is 1. The summed E-state index contributed by atoms with van der Waals surface area (Å²) in [6.45, 7) is 3.58.